The molecule has 0 saturated heterocycles. The SMILES string of the molecule is COc1ccc2[nH]c(=O)c(O)c(-c3cccc(O)c3)c2c1. The van der Waals surface area contributed by atoms with Crippen molar-refractivity contribution >= 4 is 10.9 Å². The standard InChI is InChI=1S/C16H13NO4/c1-21-11-5-6-13-12(8-11)14(15(19)16(20)17-13)9-3-2-4-10(18)7-9/h2-8,18-19H,1H3,(H,17,20). The number of ether oxygens (including phenoxy) is 1. The van der Waals surface area contributed by atoms with Crippen molar-refractivity contribution in [2.75, 3.05) is 7.11 Å². The summed E-state index contributed by atoms with van der Waals surface area (Å²) in [6.07, 6.45) is 0. The number of fused-ring (bicyclic) bond motifs is 1. The molecule has 106 valence electrons. The highest BCUT2D eigenvalue weighted by Crippen LogP contribution is 2.35. The zero-order chi connectivity index (χ0) is 15.0. The van der Waals surface area contributed by atoms with Crippen LogP contribution in [-0.2, 0) is 0 Å². The normalized spacial score (nSPS) is 10.7. The first kappa shape index (κ1) is 13.1. The Hall–Kier alpha value is -2.95. The molecule has 0 amide bonds. The van der Waals surface area contributed by atoms with Gasteiger partial charge in [0.1, 0.15) is 11.5 Å². The lowest BCUT2D eigenvalue weighted by Crippen LogP contribution is -2.06. The predicted molar refractivity (Wildman–Crippen MR) is 79.9 cm³/mol. The van der Waals surface area contributed by atoms with E-state index in [2.05, 4.69) is 4.98 Å². The molecular formula is C16H13NO4. The van der Waals surface area contributed by atoms with E-state index in [1.165, 1.54) is 12.1 Å². The molecule has 0 aliphatic rings. The number of hydrogen-bond acceptors (Lipinski definition) is 4. The van der Waals surface area contributed by atoms with E-state index in [1.807, 2.05) is 0 Å². The second-order valence-electron chi connectivity index (χ2n) is 4.64. The maximum atomic E-state index is 11.9. The van der Waals surface area contributed by atoms with Crippen LogP contribution in [0.4, 0.5) is 0 Å². The van der Waals surface area contributed by atoms with Crippen LogP contribution in [0.25, 0.3) is 22.0 Å². The molecule has 3 rings (SSSR count). The molecule has 3 aromatic rings. The quantitative estimate of drug-likeness (QED) is 0.675. The number of benzene rings is 2. The molecule has 5 heteroatoms. The number of aromatic hydroxyl groups is 2. The van der Waals surface area contributed by atoms with Gasteiger partial charge in [-0.15, -0.1) is 0 Å². The molecule has 2 aromatic carbocycles. The Labute approximate surface area is 120 Å². The number of hydrogen-bond donors (Lipinski definition) is 3. The third kappa shape index (κ3) is 2.18. The van der Waals surface area contributed by atoms with Crippen LogP contribution in [0.3, 0.4) is 0 Å². The molecule has 21 heavy (non-hydrogen) atoms. The molecule has 3 N–H and O–H groups in total. The average molecular weight is 283 g/mol. The van der Waals surface area contributed by atoms with Crippen LogP contribution in [0, 0.1) is 0 Å². The number of aromatic amines is 1. The van der Waals surface area contributed by atoms with E-state index in [4.69, 9.17) is 4.74 Å². The number of pyridine rings is 1. The zero-order valence-corrected chi connectivity index (χ0v) is 11.3. The summed E-state index contributed by atoms with van der Waals surface area (Å²) in [5.74, 6) is 0.278. The van der Waals surface area contributed by atoms with Crippen LogP contribution >= 0.6 is 0 Å². The Morgan fingerprint density at radius 2 is 1.90 bits per heavy atom. The summed E-state index contributed by atoms with van der Waals surface area (Å²) >= 11 is 0. The fourth-order valence-electron chi connectivity index (χ4n) is 2.34. The maximum Gasteiger partial charge on any atom is 0.291 e. The van der Waals surface area contributed by atoms with Gasteiger partial charge < -0.3 is 19.9 Å². The molecule has 5 nitrogen and oxygen atoms in total. The van der Waals surface area contributed by atoms with E-state index in [9.17, 15) is 15.0 Å². The smallest absolute Gasteiger partial charge is 0.291 e. The molecule has 1 heterocycles. The van der Waals surface area contributed by atoms with Crippen LogP contribution in [0.15, 0.2) is 47.3 Å². The summed E-state index contributed by atoms with van der Waals surface area (Å²) in [6.45, 7) is 0. The predicted octanol–water partition coefficient (Wildman–Crippen LogP) is 2.61. The second kappa shape index (κ2) is 4.86. The van der Waals surface area contributed by atoms with Crippen molar-refractivity contribution in [3.63, 3.8) is 0 Å². The second-order valence-corrected chi connectivity index (χ2v) is 4.64. The van der Waals surface area contributed by atoms with Gasteiger partial charge in [-0.25, -0.2) is 0 Å². The monoisotopic (exact) mass is 283 g/mol. The van der Waals surface area contributed by atoms with Gasteiger partial charge >= 0.3 is 0 Å². The number of rotatable bonds is 2. The lowest BCUT2D eigenvalue weighted by atomic mass is 10.00. The largest absolute Gasteiger partial charge is 0.508 e. The van der Waals surface area contributed by atoms with Crippen LogP contribution in [0.2, 0.25) is 0 Å². The van der Waals surface area contributed by atoms with Gasteiger partial charge in [-0.2, -0.15) is 0 Å². The Bertz CT molecular complexity index is 883. The highest BCUT2D eigenvalue weighted by atomic mass is 16.5. The molecule has 0 aliphatic carbocycles. The number of methoxy groups -OCH3 is 1. The van der Waals surface area contributed by atoms with Crippen molar-refractivity contribution in [1.82, 2.24) is 4.98 Å². The third-order valence-electron chi connectivity index (χ3n) is 3.33. The van der Waals surface area contributed by atoms with Crippen LogP contribution in [0.5, 0.6) is 17.2 Å². The van der Waals surface area contributed by atoms with Gasteiger partial charge in [0, 0.05) is 16.5 Å². The van der Waals surface area contributed by atoms with Gasteiger partial charge in [0.25, 0.3) is 5.56 Å². The molecule has 1 aromatic heterocycles. The Kier molecular flexibility index (Phi) is 3.02. The van der Waals surface area contributed by atoms with Gasteiger partial charge in [-0.1, -0.05) is 12.1 Å². The number of phenolic OH excluding ortho intramolecular Hbond substituents is 1. The van der Waals surface area contributed by atoms with Crippen molar-refractivity contribution in [1.29, 1.82) is 0 Å². The van der Waals surface area contributed by atoms with E-state index in [0.29, 0.717) is 27.8 Å². The van der Waals surface area contributed by atoms with Crippen molar-refractivity contribution in [2.24, 2.45) is 0 Å². The first-order chi connectivity index (χ1) is 10.1. The molecule has 0 fully saturated rings. The first-order valence-electron chi connectivity index (χ1n) is 6.32. The number of phenols is 1. The highest BCUT2D eigenvalue weighted by molar-refractivity contribution is 5.98. The number of H-pyrrole nitrogens is 1. The summed E-state index contributed by atoms with van der Waals surface area (Å²) in [6, 6.07) is 11.5. The molecule has 0 atom stereocenters. The number of aromatic nitrogens is 1. The minimum Gasteiger partial charge on any atom is -0.508 e. The lowest BCUT2D eigenvalue weighted by molar-refractivity contribution is 0.415. The Balaban J connectivity index is 2.43. The zero-order valence-electron chi connectivity index (χ0n) is 11.3. The van der Waals surface area contributed by atoms with Crippen molar-refractivity contribution in [3.8, 4) is 28.4 Å². The topological polar surface area (TPSA) is 82.6 Å². The lowest BCUT2D eigenvalue weighted by Gasteiger charge is -2.10. The van der Waals surface area contributed by atoms with E-state index in [1.54, 1.807) is 37.4 Å². The summed E-state index contributed by atoms with van der Waals surface area (Å²) in [7, 11) is 1.54. The molecule has 0 radical (unpaired) electrons. The van der Waals surface area contributed by atoms with E-state index < -0.39 is 5.56 Å². The van der Waals surface area contributed by atoms with E-state index >= 15 is 0 Å². The first-order valence-corrected chi connectivity index (χ1v) is 6.32. The van der Waals surface area contributed by atoms with Gasteiger partial charge in [0.2, 0.25) is 0 Å². The molecular weight excluding hydrogens is 270 g/mol. The number of nitrogens with one attached hydrogen (secondary N) is 1. The minimum absolute atomic E-state index is 0.0585. The van der Waals surface area contributed by atoms with Gasteiger partial charge in [0.05, 0.1) is 7.11 Å². The van der Waals surface area contributed by atoms with Crippen LogP contribution in [0.1, 0.15) is 0 Å². The van der Waals surface area contributed by atoms with Crippen molar-refractivity contribution < 1.29 is 14.9 Å². The summed E-state index contributed by atoms with van der Waals surface area (Å²) in [4.78, 5) is 14.5. The summed E-state index contributed by atoms with van der Waals surface area (Å²) < 4.78 is 5.18. The molecule has 0 saturated carbocycles. The van der Waals surface area contributed by atoms with Crippen LogP contribution < -0.4 is 10.3 Å². The fourth-order valence-corrected chi connectivity index (χ4v) is 2.34. The van der Waals surface area contributed by atoms with Gasteiger partial charge in [-0.3, -0.25) is 4.79 Å². The summed E-state index contributed by atoms with van der Waals surface area (Å²) in [5, 5.41) is 20.4. The van der Waals surface area contributed by atoms with Crippen molar-refractivity contribution in [3.05, 3.63) is 52.8 Å². The average Bonchev–Trinajstić information content (AvgIpc) is 2.48. The molecule has 0 bridgehead atoms. The maximum absolute atomic E-state index is 11.9. The molecule has 0 aliphatic heterocycles. The summed E-state index contributed by atoms with van der Waals surface area (Å²) in [5.41, 5.74) is 0.920. The van der Waals surface area contributed by atoms with Gasteiger partial charge in [-0.05, 0) is 35.9 Å². The Morgan fingerprint density at radius 1 is 1.10 bits per heavy atom. The van der Waals surface area contributed by atoms with Crippen LogP contribution in [-0.4, -0.2) is 22.3 Å². The molecule has 0 spiro atoms. The van der Waals surface area contributed by atoms with E-state index in [-0.39, 0.29) is 11.5 Å². The molecule has 0 unspecified atom stereocenters. The van der Waals surface area contributed by atoms with Crippen molar-refractivity contribution in [2.45, 2.75) is 0 Å². The third-order valence-corrected chi connectivity index (χ3v) is 3.33. The van der Waals surface area contributed by atoms with E-state index in [0.717, 1.165) is 0 Å². The Morgan fingerprint density at radius 3 is 2.62 bits per heavy atom. The fraction of sp³-hybridized carbons (Fsp3) is 0.0625. The minimum atomic E-state index is -0.578. The highest BCUT2D eigenvalue weighted by Gasteiger charge is 2.14. The van der Waals surface area contributed by atoms with Gasteiger partial charge in [0.15, 0.2) is 5.75 Å².